The van der Waals surface area contributed by atoms with Crippen molar-refractivity contribution in [2.24, 2.45) is 0 Å². The first kappa shape index (κ1) is 16.2. The molecule has 2 aromatic rings. The highest BCUT2D eigenvalue weighted by molar-refractivity contribution is 9.13. The highest BCUT2D eigenvalue weighted by atomic mass is 79.9. The van der Waals surface area contributed by atoms with Gasteiger partial charge in [0, 0.05) is 27.2 Å². The Labute approximate surface area is 141 Å². The Morgan fingerprint density at radius 3 is 2.24 bits per heavy atom. The van der Waals surface area contributed by atoms with Gasteiger partial charge in [-0.3, -0.25) is 0 Å². The van der Waals surface area contributed by atoms with E-state index in [4.69, 9.17) is 9.47 Å². The zero-order valence-electron chi connectivity index (χ0n) is 12.2. The van der Waals surface area contributed by atoms with Crippen molar-refractivity contribution in [1.29, 1.82) is 0 Å². The quantitative estimate of drug-likeness (QED) is 0.733. The van der Waals surface area contributed by atoms with Crippen molar-refractivity contribution in [2.45, 2.75) is 13.5 Å². The molecule has 112 valence electrons. The molecule has 0 amide bonds. The van der Waals surface area contributed by atoms with Crippen molar-refractivity contribution in [2.75, 3.05) is 19.5 Å². The van der Waals surface area contributed by atoms with E-state index in [-0.39, 0.29) is 0 Å². The van der Waals surface area contributed by atoms with Crippen LogP contribution in [0.1, 0.15) is 11.1 Å². The number of benzene rings is 2. The van der Waals surface area contributed by atoms with E-state index in [1.807, 2.05) is 25.1 Å². The SMILES string of the molecule is COc1cc(C)c(NCc2ccc(Br)c(Br)c2)cc1OC. The van der Waals surface area contributed by atoms with Crippen LogP contribution < -0.4 is 14.8 Å². The summed E-state index contributed by atoms with van der Waals surface area (Å²) in [5.41, 5.74) is 3.34. The van der Waals surface area contributed by atoms with Crippen LogP contribution in [0.3, 0.4) is 0 Å². The van der Waals surface area contributed by atoms with Crippen LogP contribution in [0.5, 0.6) is 11.5 Å². The van der Waals surface area contributed by atoms with Gasteiger partial charge in [-0.2, -0.15) is 0 Å². The molecule has 0 saturated carbocycles. The Morgan fingerprint density at radius 1 is 0.952 bits per heavy atom. The molecule has 0 aliphatic heterocycles. The second-order valence-electron chi connectivity index (χ2n) is 4.62. The normalized spacial score (nSPS) is 10.3. The lowest BCUT2D eigenvalue weighted by Crippen LogP contribution is -2.02. The van der Waals surface area contributed by atoms with Crippen LogP contribution in [-0.2, 0) is 6.54 Å². The maximum Gasteiger partial charge on any atom is 0.162 e. The molecule has 2 aromatic carbocycles. The number of halogens is 2. The molecule has 3 nitrogen and oxygen atoms in total. The van der Waals surface area contributed by atoms with Crippen molar-refractivity contribution in [1.82, 2.24) is 0 Å². The molecular formula is C16H17Br2NO2. The lowest BCUT2D eigenvalue weighted by molar-refractivity contribution is 0.355. The Hall–Kier alpha value is -1.20. The van der Waals surface area contributed by atoms with Gasteiger partial charge in [0.25, 0.3) is 0 Å². The van der Waals surface area contributed by atoms with E-state index >= 15 is 0 Å². The summed E-state index contributed by atoms with van der Waals surface area (Å²) in [5, 5.41) is 3.43. The van der Waals surface area contributed by atoms with Crippen LogP contribution in [0, 0.1) is 6.92 Å². The zero-order chi connectivity index (χ0) is 15.4. The van der Waals surface area contributed by atoms with Crippen molar-refractivity contribution in [3.05, 3.63) is 50.4 Å². The lowest BCUT2D eigenvalue weighted by Gasteiger charge is -2.14. The van der Waals surface area contributed by atoms with Crippen LogP contribution >= 0.6 is 31.9 Å². The van der Waals surface area contributed by atoms with E-state index in [9.17, 15) is 0 Å². The number of anilines is 1. The average molecular weight is 415 g/mol. The number of nitrogens with one attached hydrogen (secondary N) is 1. The standard InChI is InChI=1S/C16H17Br2NO2/c1-10-6-15(20-2)16(21-3)8-14(10)19-9-11-4-5-12(17)13(18)7-11/h4-8,19H,9H2,1-3H3. The minimum absolute atomic E-state index is 0.725. The van der Waals surface area contributed by atoms with Gasteiger partial charge in [0.05, 0.1) is 14.2 Å². The first-order valence-electron chi connectivity index (χ1n) is 6.45. The third kappa shape index (κ3) is 3.92. The average Bonchev–Trinajstić information content (AvgIpc) is 2.49. The van der Waals surface area contributed by atoms with E-state index in [2.05, 4.69) is 49.3 Å². The maximum absolute atomic E-state index is 5.34. The van der Waals surface area contributed by atoms with Crippen LogP contribution in [-0.4, -0.2) is 14.2 Å². The molecule has 21 heavy (non-hydrogen) atoms. The molecule has 0 fully saturated rings. The number of ether oxygens (including phenoxy) is 2. The largest absolute Gasteiger partial charge is 0.493 e. The fraction of sp³-hybridized carbons (Fsp3) is 0.250. The number of methoxy groups -OCH3 is 2. The Kier molecular flexibility index (Phi) is 5.53. The van der Waals surface area contributed by atoms with Gasteiger partial charge in [-0.15, -0.1) is 0 Å². The molecular weight excluding hydrogens is 398 g/mol. The van der Waals surface area contributed by atoms with Crippen molar-refractivity contribution < 1.29 is 9.47 Å². The Balaban J connectivity index is 2.17. The summed E-state index contributed by atoms with van der Waals surface area (Å²) < 4.78 is 12.7. The fourth-order valence-corrected chi connectivity index (χ4v) is 2.69. The number of rotatable bonds is 5. The molecule has 0 aromatic heterocycles. The predicted octanol–water partition coefficient (Wildman–Crippen LogP) is 5.15. The van der Waals surface area contributed by atoms with Gasteiger partial charge in [0.2, 0.25) is 0 Å². The predicted molar refractivity (Wildman–Crippen MR) is 93.5 cm³/mol. The molecule has 0 aliphatic rings. The van der Waals surface area contributed by atoms with Gasteiger partial charge in [-0.25, -0.2) is 0 Å². The Bertz CT molecular complexity index is 644. The molecule has 2 rings (SSSR count). The van der Waals surface area contributed by atoms with E-state index < -0.39 is 0 Å². The molecule has 5 heteroatoms. The second-order valence-corrected chi connectivity index (χ2v) is 6.33. The smallest absolute Gasteiger partial charge is 0.162 e. The third-order valence-corrected chi connectivity index (χ3v) is 5.08. The number of aryl methyl sites for hydroxylation is 1. The Morgan fingerprint density at radius 2 is 1.62 bits per heavy atom. The minimum Gasteiger partial charge on any atom is -0.493 e. The summed E-state index contributed by atoms with van der Waals surface area (Å²) in [5.74, 6) is 1.47. The van der Waals surface area contributed by atoms with Crippen LogP contribution in [0.4, 0.5) is 5.69 Å². The van der Waals surface area contributed by atoms with Crippen molar-refractivity contribution >= 4 is 37.5 Å². The number of hydrogen-bond donors (Lipinski definition) is 1. The van der Waals surface area contributed by atoms with E-state index in [1.54, 1.807) is 14.2 Å². The first-order valence-corrected chi connectivity index (χ1v) is 8.04. The van der Waals surface area contributed by atoms with Crippen LogP contribution in [0.2, 0.25) is 0 Å². The van der Waals surface area contributed by atoms with E-state index in [0.717, 1.165) is 38.2 Å². The summed E-state index contributed by atoms with van der Waals surface area (Å²) in [6.07, 6.45) is 0. The van der Waals surface area contributed by atoms with E-state index in [1.165, 1.54) is 5.56 Å². The zero-order valence-corrected chi connectivity index (χ0v) is 15.3. The third-order valence-electron chi connectivity index (χ3n) is 3.20. The summed E-state index contributed by atoms with van der Waals surface area (Å²) in [7, 11) is 3.28. The molecule has 0 radical (unpaired) electrons. The molecule has 0 atom stereocenters. The number of hydrogen-bond acceptors (Lipinski definition) is 3. The van der Waals surface area contributed by atoms with Crippen molar-refractivity contribution in [3.8, 4) is 11.5 Å². The molecule has 0 spiro atoms. The highest BCUT2D eigenvalue weighted by Gasteiger charge is 2.08. The summed E-state index contributed by atoms with van der Waals surface area (Å²) in [6, 6.07) is 10.1. The van der Waals surface area contributed by atoms with Gasteiger partial charge in [-0.05, 0) is 68.1 Å². The topological polar surface area (TPSA) is 30.5 Å². The summed E-state index contributed by atoms with van der Waals surface area (Å²) in [4.78, 5) is 0. The fourth-order valence-electron chi connectivity index (χ4n) is 2.02. The van der Waals surface area contributed by atoms with Crippen LogP contribution in [0.15, 0.2) is 39.3 Å². The monoisotopic (exact) mass is 413 g/mol. The molecule has 0 unspecified atom stereocenters. The van der Waals surface area contributed by atoms with Crippen LogP contribution in [0.25, 0.3) is 0 Å². The van der Waals surface area contributed by atoms with Crippen molar-refractivity contribution in [3.63, 3.8) is 0 Å². The molecule has 0 heterocycles. The maximum atomic E-state index is 5.34. The molecule has 0 bridgehead atoms. The van der Waals surface area contributed by atoms with Gasteiger partial charge in [-0.1, -0.05) is 6.07 Å². The molecule has 1 N–H and O–H groups in total. The van der Waals surface area contributed by atoms with Gasteiger partial charge in [0.1, 0.15) is 0 Å². The second kappa shape index (κ2) is 7.18. The first-order chi connectivity index (χ1) is 10.0. The minimum atomic E-state index is 0.725. The lowest BCUT2D eigenvalue weighted by atomic mass is 10.1. The highest BCUT2D eigenvalue weighted by Crippen LogP contribution is 2.33. The molecule has 0 saturated heterocycles. The van der Waals surface area contributed by atoms with Gasteiger partial charge in [0.15, 0.2) is 11.5 Å². The van der Waals surface area contributed by atoms with Gasteiger partial charge < -0.3 is 14.8 Å². The summed E-state index contributed by atoms with van der Waals surface area (Å²) >= 11 is 6.99. The molecule has 0 aliphatic carbocycles. The van der Waals surface area contributed by atoms with E-state index in [0.29, 0.717) is 0 Å². The van der Waals surface area contributed by atoms with Gasteiger partial charge >= 0.3 is 0 Å². The summed E-state index contributed by atoms with van der Waals surface area (Å²) in [6.45, 7) is 2.78.